The van der Waals surface area contributed by atoms with Crippen LogP contribution in [0, 0.1) is 16.0 Å². The maximum absolute atomic E-state index is 13.2. The molecule has 0 radical (unpaired) electrons. The third-order valence-corrected chi connectivity index (χ3v) is 5.17. The molecule has 7 heteroatoms. The molecule has 0 N–H and O–H groups in total. The zero-order chi connectivity index (χ0) is 21.0. The van der Waals surface area contributed by atoms with Gasteiger partial charge in [0.25, 0.3) is 5.69 Å². The molecule has 1 heterocycles. The van der Waals surface area contributed by atoms with E-state index in [0.29, 0.717) is 17.5 Å². The van der Waals surface area contributed by atoms with Crippen LogP contribution < -0.4 is 0 Å². The van der Waals surface area contributed by atoms with Gasteiger partial charge in [0.15, 0.2) is 0 Å². The first kappa shape index (κ1) is 20.3. The lowest BCUT2D eigenvalue weighted by Crippen LogP contribution is -2.49. The number of nitrogens with zero attached hydrogens (tertiary/aromatic N) is 1. The molecule has 0 bridgehead atoms. The second kappa shape index (κ2) is 8.26. The van der Waals surface area contributed by atoms with Crippen LogP contribution in [0.5, 0.6) is 0 Å². The molecule has 0 unspecified atom stereocenters. The molecule has 7 nitrogen and oxygen atoms in total. The Morgan fingerprint density at radius 2 is 1.79 bits per heavy atom. The fourth-order valence-electron chi connectivity index (χ4n) is 3.65. The predicted molar refractivity (Wildman–Crippen MR) is 106 cm³/mol. The smallest absolute Gasteiger partial charge is 0.323 e. The van der Waals surface area contributed by atoms with E-state index in [-0.39, 0.29) is 18.1 Å². The summed E-state index contributed by atoms with van der Waals surface area (Å²) in [6, 6.07) is 14.6. The summed E-state index contributed by atoms with van der Waals surface area (Å²) >= 11 is 0. The Morgan fingerprint density at radius 1 is 1.14 bits per heavy atom. The largest absolute Gasteiger partial charge is 0.465 e. The van der Waals surface area contributed by atoms with E-state index in [2.05, 4.69) is 0 Å². The number of carbonyl (C=O) groups excluding carboxylic acids is 2. The first-order valence-corrected chi connectivity index (χ1v) is 9.35. The topological polar surface area (TPSA) is 95.7 Å². The molecular formula is C22H21NO6. The van der Waals surface area contributed by atoms with Crippen molar-refractivity contribution in [3.63, 3.8) is 0 Å². The number of esters is 2. The zero-order valence-corrected chi connectivity index (χ0v) is 16.2. The summed E-state index contributed by atoms with van der Waals surface area (Å²) in [4.78, 5) is 36.5. The molecular weight excluding hydrogens is 374 g/mol. The number of hydrogen-bond donors (Lipinski definition) is 0. The Balaban J connectivity index is 2.12. The van der Waals surface area contributed by atoms with Gasteiger partial charge in [-0.05, 0) is 37.1 Å². The van der Waals surface area contributed by atoms with E-state index < -0.39 is 28.2 Å². The molecule has 0 aromatic heterocycles. The molecule has 0 saturated heterocycles. The van der Waals surface area contributed by atoms with Crippen LogP contribution in [0.4, 0.5) is 5.69 Å². The molecule has 0 spiro atoms. The first-order chi connectivity index (χ1) is 13.9. The fourth-order valence-corrected chi connectivity index (χ4v) is 3.65. The summed E-state index contributed by atoms with van der Waals surface area (Å²) in [7, 11) is 0. The molecule has 3 rings (SSSR count). The van der Waals surface area contributed by atoms with Crippen molar-refractivity contribution in [2.45, 2.75) is 25.7 Å². The third-order valence-electron chi connectivity index (χ3n) is 5.17. The van der Waals surface area contributed by atoms with Crippen molar-refractivity contribution >= 4 is 23.4 Å². The van der Waals surface area contributed by atoms with Gasteiger partial charge < -0.3 is 9.47 Å². The summed E-state index contributed by atoms with van der Waals surface area (Å²) in [5.41, 5.74) is -0.149. The van der Waals surface area contributed by atoms with Gasteiger partial charge in [-0.25, -0.2) is 0 Å². The third kappa shape index (κ3) is 3.63. The lowest BCUT2D eigenvalue weighted by atomic mass is 9.67. The zero-order valence-electron chi connectivity index (χ0n) is 16.2. The number of benzene rings is 2. The Bertz CT molecular complexity index is 951. The number of rotatable bonds is 6. The molecule has 0 amide bonds. The van der Waals surface area contributed by atoms with Crippen LogP contribution in [0.2, 0.25) is 0 Å². The van der Waals surface area contributed by atoms with E-state index in [0.717, 1.165) is 0 Å². The predicted octanol–water partition coefficient (Wildman–Crippen LogP) is 4.02. The fraction of sp³-hybridized carbons (Fsp3) is 0.273. The van der Waals surface area contributed by atoms with Crippen LogP contribution in [0.15, 0.2) is 60.7 Å². The summed E-state index contributed by atoms with van der Waals surface area (Å²) in [6.07, 6.45) is 1.92. The average molecular weight is 395 g/mol. The molecule has 29 heavy (non-hydrogen) atoms. The lowest BCUT2D eigenvalue weighted by Gasteiger charge is -2.39. The van der Waals surface area contributed by atoms with Crippen molar-refractivity contribution in [3.05, 3.63) is 81.9 Å². The van der Waals surface area contributed by atoms with Crippen molar-refractivity contribution in [3.8, 4) is 0 Å². The van der Waals surface area contributed by atoms with Crippen LogP contribution in [-0.4, -0.2) is 23.5 Å². The van der Waals surface area contributed by atoms with Crippen molar-refractivity contribution in [1.82, 2.24) is 0 Å². The monoisotopic (exact) mass is 395 g/mol. The van der Waals surface area contributed by atoms with E-state index in [1.165, 1.54) is 24.3 Å². The van der Waals surface area contributed by atoms with Gasteiger partial charge in [-0.1, -0.05) is 37.3 Å². The summed E-state index contributed by atoms with van der Waals surface area (Å²) < 4.78 is 10.9. The summed E-state index contributed by atoms with van der Waals surface area (Å²) in [5.74, 6) is -1.78. The standard InChI is InChI=1S/C22H21NO6/c1-3-22(16-8-6-5-7-9-16)18(20(24)28-4-2)14-19(29-21(22)25)15-10-12-17(13-11-15)23(26)27/h5-14,18H,3-4H2,1-2H3/t18-,22-/m0/s1. The maximum Gasteiger partial charge on any atom is 0.323 e. The van der Waals surface area contributed by atoms with Crippen molar-refractivity contribution in [2.24, 2.45) is 5.92 Å². The van der Waals surface area contributed by atoms with Crippen LogP contribution in [0.3, 0.4) is 0 Å². The Hall–Kier alpha value is -3.48. The maximum atomic E-state index is 13.2. The summed E-state index contributed by atoms with van der Waals surface area (Å²) in [5, 5.41) is 10.9. The van der Waals surface area contributed by atoms with E-state index in [4.69, 9.17) is 9.47 Å². The van der Waals surface area contributed by atoms with E-state index >= 15 is 0 Å². The number of nitro groups is 1. The van der Waals surface area contributed by atoms with E-state index in [1.54, 1.807) is 37.3 Å². The molecule has 2 aromatic carbocycles. The van der Waals surface area contributed by atoms with Crippen molar-refractivity contribution in [1.29, 1.82) is 0 Å². The summed E-state index contributed by atoms with van der Waals surface area (Å²) in [6.45, 7) is 3.71. The highest BCUT2D eigenvalue weighted by Crippen LogP contribution is 2.44. The highest BCUT2D eigenvalue weighted by Gasteiger charge is 2.53. The van der Waals surface area contributed by atoms with Gasteiger partial charge in [-0.2, -0.15) is 0 Å². The lowest BCUT2D eigenvalue weighted by molar-refractivity contribution is -0.384. The SMILES string of the molecule is CCOC(=O)[C@@H]1C=C(c2ccc([N+](=O)[O-])cc2)OC(=O)[C@@]1(CC)c1ccccc1. The minimum Gasteiger partial charge on any atom is -0.465 e. The Kier molecular flexibility index (Phi) is 5.77. The second-order valence-corrected chi connectivity index (χ2v) is 6.65. The van der Waals surface area contributed by atoms with Crippen molar-refractivity contribution in [2.75, 3.05) is 6.61 Å². The second-order valence-electron chi connectivity index (χ2n) is 6.65. The van der Waals surface area contributed by atoms with Gasteiger partial charge in [-0.3, -0.25) is 19.7 Å². The van der Waals surface area contributed by atoms with E-state index in [1.807, 2.05) is 13.0 Å². The molecule has 0 fully saturated rings. The molecule has 0 aliphatic carbocycles. The highest BCUT2D eigenvalue weighted by atomic mass is 16.6. The van der Waals surface area contributed by atoms with Gasteiger partial charge in [0, 0.05) is 17.7 Å². The van der Waals surface area contributed by atoms with Gasteiger partial charge in [0.05, 0.1) is 17.4 Å². The van der Waals surface area contributed by atoms with Gasteiger partial charge in [0.1, 0.15) is 11.2 Å². The number of non-ortho nitro benzene ring substituents is 1. The van der Waals surface area contributed by atoms with Crippen LogP contribution in [0.1, 0.15) is 31.4 Å². The molecule has 150 valence electrons. The van der Waals surface area contributed by atoms with Crippen LogP contribution in [-0.2, 0) is 24.5 Å². The minimum atomic E-state index is -1.21. The molecule has 0 saturated carbocycles. The van der Waals surface area contributed by atoms with Crippen LogP contribution in [0.25, 0.3) is 5.76 Å². The average Bonchev–Trinajstić information content (AvgIpc) is 2.74. The number of nitro benzene ring substituents is 1. The highest BCUT2D eigenvalue weighted by molar-refractivity contribution is 5.97. The quantitative estimate of drug-likeness (QED) is 0.416. The molecule has 2 atom stereocenters. The van der Waals surface area contributed by atoms with Crippen molar-refractivity contribution < 1.29 is 24.0 Å². The van der Waals surface area contributed by atoms with Crippen LogP contribution >= 0.6 is 0 Å². The number of ether oxygens (including phenoxy) is 2. The van der Waals surface area contributed by atoms with Gasteiger partial charge in [0.2, 0.25) is 0 Å². The molecule has 1 aliphatic heterocycles. The number of cyclic esters (lactones) is 1. The van der Waals surface area contributed by atoms with Gasteiger partial charge in [-0.15, -0.1) is 0 Å². The normalized spacial score (nSPS) is 21.1. The molecule has 2 aromatic rings. The number of hydrogen-bond acceptors (Lipinski definition) is 6. The first-order valence-electron chi connectivity index (χ1n) is 9.35. The van der Waals surface area contributed by atoms with Gasteiger partial charge >= 0.3 is 11.9 Å². The Labute approximate surface area is 168 Å². The molecule has 1 aliphatic rings. The minimum absolute atomic E-state index is 0.0781. The number of carbonyl (C=O) groups is 2. The van der Waals surface area contributed by atoms with E-state index in [9.17, 15) is 19.7 Å². The Morgan fingerprint density at radius 3 is 2.34 bits per heavy atom.